The lowest BCUT2D eigenvalue weighted by Gasteiger charge is -2.12. The molecule has 0 spiro atoms. The van der Waals surface area contributed by atoms with Crippen LogP contribution < -0.4 is 10.5 Å². The molecule has 2 rings (SSSR count). The molecule has 0 fully saturated rings. The van der Waals surface area contributed by atoms with E-state index in [1.807, 2.05) is 6.07 Å². The van der Waals surface area contributed by atoms with E-state index < -0.39 is 0 Å². The molecule has 0 bridgehead atoms. The number of ether oxygens (including phenoxy) is 1. The first-order chi connectivity index (χ1) is 9.06. The van der Waals surface area contributed by atoms with E-state index in [-0.39, 0.29) is 27.1 Å². The number of carbonyl (C=O) groups excluding carboxylic acids is 1. The second-order valence-electron chi connectivity index (χ2n) is 3.86. The minimum absolute atomic E-state index is 0.125. The van der Waals surface area contributed by atoms with Gasteiger partial charge in [0.05, 0.1) is 23.4 Å². The zero-order valence-corrected chi connectivity index (χ0v) is 11.6. The zero-order chi connectivity index (χ0) is 14.0. The molecule has 0 atom stereocenters. The average Bonchev–Trinajstić information content (AvgIpc) is 2.45. The molecule has 2 N–H and O–H groups in total. The molecule has 0 aliphatic rings. The number of hydrogen-bond acceptors (Lipinski definition) is 3. The Labute approximate surface area is 120 Å². The maximum Gasteiger partial charge on any atom is 0.195 e. The summed E-state index contributed by atoms with van der Waals surface area (Å²) in [5.74, 6) is 0.0927. The fourth-order valence-corrected chi connectivity index (χ4v) is 2.13. The fraction of sp³-hybridized carbons (Fsp3) is 0.0714. The van der Waals surface area contributed by atoms with Crippen LogP contribution in [0.15, 0.2) is 36.4 Å². The summed E-state index contributed by atoms with van der Waals surface area (Å²) in [4.78, 5) is 12.4. The Hall–Kier alpha value is -1.71. The third-order valence-corrected chi connectivity index (χ3v) is 3.58. The molecule has 0 radical (unpaired) electrons. The Morgan fingerprint density at radius 1 is 1.16 bits per heavy atom. The number of carbonyl (C=O) groups is 1. The van der Waals surface area contributed by atoms with Gasteiger partial charge >= 0.3 is 0 Å². The zero-order valence-electron chi connectivity index (χ0n) is 10.1. The molecular formula is C14H11Cl2NO2. The van der Waals surface area contributed by atoms with Crippen molar-refractivity contribution in [2.45, 2.75) is 0 Å². The Kier molecular flexibility index (Phi) is 3.98. The Morgan fingerprint density at radius 3 is 2.37 bits per heavy atom. The summed E-state index contributed by atoms with van der Waals surface area (Å²) in [6, 6.07) is 10.3. The largest absolute Gasteiger partial charge is 0.495 e. The van der Waals surface area contributed by atoms with Crippen LogP contribution in [0.25, 0.3) is 0 Å². The van der Waals surface area contributed by atoms with Crippen LogP contribution in [-0.2, 0) is 0 Å². The first kappa shape index (κ1) is 13.7. The molecule has 0 saturated carbocycles. The smallest absolute Gasteiger partial charge is 0.195 e. The van der Waals surface area contributed by atoms with Crippen LogP contribution >= 0.6 is 23.2 Å². The first-order valence-electron chi connectivity index (χ1n) is 5.47. The quantitative estimate of drug-likeness (QED) is 0.692. The predicted octanol–water partition coefficient (Wildman–Crippen LogP) is 3.82. The van der Waals surface area contributed by atoms with Crippen LogP contribution in [-0.4, -0.2) is 12.9 Å². The van der Waals surface area contributed by atoms with E-state index in [1.165, 1.54) is 13.2 Å². The summed E-state index contributed by atoms with van der Waals surface area (Å²) in [5.41, 5.74) is 6.80. The first-order valence-corrected chi connectivity index (χ1v) is 6.23. The van der Waals surface area contributed by atoms with E-state index in [0.29, 0.717) is 11.3 Å². The molecule has 0 saturated heterocycles. The number of rotatable bonds is 3. The standard InChI is InChI=1S/C14H11Cl2NO2/c1-19-10-7-9(13(17)12(16)11(10)15)14(18)8-5-3-2-4-6-8/h2-7H,17H2,1H3. The number of benzene rings is 2. The van der Waals surface area contributed by atoms with E-state index in [9.17, 15) is 4.79 Å². The third kappa shape index (κ3) is 2.53. The molecule has 0 aliphatic heterocycles. The fourth-order valence-electron chi connectivity index (χ4n) is 1.70. The molecule has 2 aromatic rings. The van der Waals surface area contributed by atoms with Crippen LogP contribution in [0.4, 0.5) is 5.69 Å². The summed E-state index contributed by atoms with van der Waals surface area (Å²) >= 11 is 12.0. The number of methoxy groups -OCH3 is 1. The maximum absolute atomic E-state index is 12.4. The highest BCUT2D eigenvalue weighted by atomic mass is 35.5. The second kappa shape index (κ2) is 5.51. The Morgan fingerprint density at radius 2 is 1.79 bits per heavy atom. The van der Waals surface area contributed by atoms with Gasteiger partial charge in [-0.2, -0.15) is 0 Å². The molecule has 0 aliphatic carbocycles. The van der Waals surface area contributed by atoms with Crippen LogP contribution in [0.1, 0.15) is 15.9 Å². The molecule has 19 heavy (non-hydrogen) atoms. The average molecular weight is 296 g/mol. The van der Waals surface area contributed by atoms with Crippen LogP contribution in [0.3, 0.4) is 0 Å². The SMILES string of the molecule is COc1cc(C(=O)c2ccccc2)c(N)c(Cl)c1Cl. The van der Waals surface area contributed by atoms with Gasteiger partial charge in [0.2, 0.25) is 0 Å². The summed E-state index contributed by atoms with van der Waals surface area (Å²) in [6.07, 6.45) is 0. The van der Waals surface area contributed by atoms with Crippen molar-refractivity contribution in [2.75, 3.05) is 12.8 Å². The molecule has 0 amide bonds. The third-order valence-electron chi connectivity index (χ3n) is 2.71. The van der Waals surface area contributed by atoms with Crippen molar-refractivity contribution in [1.82, 2.24) is 0 Å². The summed E-state index contributed by atoms with van der Waals surface area (Å²) in [7, 11) is 1.45. The van der Waals surface area contributed by atoms with Crippen LogP contribution in [0, 0.1) is 0 Å². The van der Waals surface area contributed by atoms with Gasteiger partial charge in [0, 0.05) is 5.56 Å². The van der Waals surface area contributed by atoms with Gasteiger partial charge in [0.25, 0.3) is 0 Å². The molecule has 5 heteroatoms. The Bertz CT molecular complexity index is 627. The highest BCUT2D eigenvalue weighted by molar-refractivity contribution is 6.45. The van der Waals surface area contributed by atoms with Crippen molar-refractivity contribution < 1.29 is 9.53 Å². The monoisotopic (exact) mass is 295 g/mol. The van der Waals surface area contributed by atoms with E-state index in [1.54, 1.807) is 24.3 Å². The maximum atomic E-state index is 12.4. The molecule has 3 nitrogen and oxygen atoms in total. The van der Waals surface area contributed by atoms with Crippen molar-refractivity contribution in [2.24, 2.45) is 0 Å². The minimum Gasteiger partial charge on any atom is -0.495 e. The molecule has 2 aromatic carbocycles. The molecular weight excluding hydrogens is 285 g/mol. The van der Waals surface area contributed by atoms with E-state index in [4.69, 9.17) is 33.7 Å². The van der Waals surface area contributed by atoms with Crippen molar-refractivity contribution in [3.63, 3.8) is 0 Å². The number of nitrogen functional groups attached to an aromatic ring is 1. The van der Waals surface area contributed by atoms with E-state index in [2.05, 4.69) is 0 Å². The second-order valence-corrected chi connectivity index (χ2v) is 4.62. The number of ketones is 1. The molecule has 0 unspecified atom stereocenters. The summed E-state index contributed by atoms with van der Waals surface area (Å²) < 4.78 is 5.08. The van der Waals surface area contributed by atoms with Crippen molar-refractivity contribution in [3.05, 3.63) is 57.6 Å². The lowest BCUT2D eigenvalue weighted by atomic mass is 10.0. The van der Waals surface area contributed by atoms with Gasteiger partial charge < -0.3 is 10.5 Å². The lowest BCUT2D eigenvalue weighted by molar-refractivity contribution is 0.103. The van der Waals surface area contributed by atoms with Gasteiger partial charge in [-0.15, -0.1) is 0 Å². The minimum atomic E-state index is -0.227. The van der Waals surface area contributed by atoms with Gasteiger partial charge in [-0.1, -0.05) is 53.5 Å². The van der Waals surface area contributed by atoms with Gasteiger partial charge in [0.15, 0.2) is 5.78 Å². The molecule has 0 heterocycles. The number of halogens is 2. The highest BCUT2D eigenvalue weighted by Crippen LogP contribution is 2.39. The van der Waals surface area contributed by atoms with E-state index >= 15 is 0 Å². The topological polar surface area (TPSA) is 52.3 Å². The van der Waals surface area contributed by atoms with Gasteiger partial charge in [-0.25, -0.2) is 0 Å². The number of nitrogens with two attached hydrogens (primary N) is 1. The number of anilines is 1. The summed E-state index contributed by atoms with van der Waals surface area (Å²) in [5, 5.41) is 0.326. The van der Waals surface area contributed by atoms with Gasteiger partial charge in [-0.05, 0) is 6.07 Å². The van der Waals surface area contributed by atoms with E-state index in [0.717, 1.165) is 0 Å². The summed E-state index contributed by atoms with van der Waals surface area (Å²) in [6.45, 7) is 0. The molecule has 0 aromatic heterocycles. The predicted molar refractivity (Wildman–Crippen MR) is 77.3 cm³/mol. The van der Waals surface area contributed by atoms with Crippen molar-refractivity contribution >= 4 is 34.7 Å². The highest BCUT2D eigenvalue weighted by Gasteiger charge is 2.19. The van der Waals surface area contributed by atoms with Crippen LogP contribution in [0.2, 0.25) is 10.0 Å². The van der Waals surface area contributed by atoms with Crippen LogP contribution in [0.5, 0.6) is 5.75 Å². The van der Waals surface area contributed by atoms with Crippen molar-refractivity contribution in [1.29, 1.82) is 0 Å². The Balaban J connectivity index is 2.57. The van der Waals surface area contributed by atoms with Gasteiger partial charge in [-0.3, -0.25) is 4.79 Å². The van der Waals surface area contributed by atoms with Crippen molar-refractivity contribution in [3.8, 4) is 5.75 Å². The molecule has 98 valence electrons. The van der Waals surface area contributed by atoms with Gasteiger partial charge in [0.1, 0.15) is 10.8 Å². The normalized spacial score (nSPS) is 10.3. The lowest BCUT2D eigenvalue weighted by Crippen LogP contribution is -2.07. The number of hydrogen-bond donors (Lipinski definition) is 1.